The van der Waals surface area contributed by atoms with Crippen molar-refractivity contribution in [1.82, 2.24) is 4.90 Å². The number of nitrogens with zero attached hydrogens (tertiary/aromatic N) is 2. The van der Waals surface area contributed by atoms with E-state index < -0.39 is 23.1 Å². The van der Waals surface area contributed by atoms with Crippen LogP contribution in [0.1, 0.15) is 39.6 Å². The van der Waals surface area contributed by atoms with Crippen LogP contribution >= 0.6 is 11.8 Å². The summed E-state index contributed by atoms with van der Waals surface area (Å²) < 4.78 is 15.9. The zero-order valence-electron chi connectivity index (χ0n) is 21.9. The first kappa shape index (κ1) is 27.7. The molecule has 2 N–H and O–H groups in total. The molecule has 2 amide bonds. The van der Waals surface area contributed by atoms with Crippen molar-refractivity contribution in [1.29, 1.82) is 0 Å². The van der Waals surface area contributed by atoms with Crippen LogP contribution in [0.3, 0.4) is 0 Å². The molecular formula is C29H25N3O8S. The molecule has 2 heterocycles. The molecule has 11 nitrogen and oxygen atoms in total. The Morgan fingerprint density at radius 3 is 2.44 bits per heavy atom. The zero-order chi connectivity index (χ0) is 28.9. The number of ether oxygens (including phenoxy) is 3. The molecule has 2 aliphatic heterocycles. The van der Waals surface area contributed by atoms with Gasteiger partial charge in [-0.05, 0) is 73.2 Å². The van der Waals surface area contributed by atoms with Crippen LogP contribution in [0.15, 0.2) is 71.7 Å². The largest absolute Gasteiger partial charge is 0.478 e. The van der Waals surface area contributed by atoms with Gasteiger partial charge < -0.3 is 24.6 Å². The number of carbonyl (C=O) groups is 4. The standard InChI is InChI=1S/C29H25N3O8S/c1-2-38-28(37)19-6-10-21(11-7-19)31-29-32(15-17-3-12-22-23(13-17)40-16-39-22)25(33)14-24(41-29)26(34)30-20-8-4-18(5-9-20)27(35)36/h3-13,24H,2,14-16H2,1H3,(H,30,34)(H,35,36). The number of rotatable bonds is 8. The maximum atomic E-state index is 13.4. The molecule has 1 saturated heterocycles. The van der Waals surface area contributed by atoms with Gasteiger partial charge in [0, 0.05) is 12.1 Å². The molecule has 1 atom stereocenters. The molecule has 2 aliphatic rings. The quantitative estimate of drug-likeness (QED) is 0.372. The van der Waals surface area contributed by atoms with Crippen LogP contribution in [0.5, 0.6) is 11.5 Å². The van der Waals surface area contributed by atoms with Crippen molar-refractivity contribution < 1.29 is 38.5 Å². The minimum atomic E-state index is -1.07. The second kappa shape index (κ2) is 12.1. The predicted molar refractivity (Wildman–Crippen MR) is 151 cm³/mol. The zero-order valence-corrected chi connectivity index (χ0v) is 22.7. The fraction of sp³-hybridized carbons (Fsp3) is 0.207. The molecule has 1 unspecified atom stereocenters. The lowest BCUT2D eigenvalue weighted by atomic mass is 10.1. The predicted octanol–water partition coefficient (Wildman–Crippen LogP) is 4.45. The molecule has 0 aromatic heterocycles. The number of carboxylic acids is 1. The number of nitrogens with one attached hydrogen (secondary N) is 1. The van der Waals surface area contributed by atoms with Crippen molar-refractivity contribution in [2.45, 2.75) is 25.1 Å². The Bertz CT molecular complexity index is 1520. The summed E-state index contributed by atoms with van der Waals surface area (Å²) in [5, 5.41) is 11.4. The Balaban J connectivity index is 1.39. The number of carbonyl (C=O) groups excluding carboxylic acids is 3. The molecule has 41 heavy (non-hydrogen) atoms. The number of anilines is 1. The van der Waals surface area contributed by atoms with Gasteiger partial charge in [0.1, 0.15) is 5.25 Å². The lowest BCUT2D eigenvalue weighted by Crippen LogP contribution is -2.44. The summed E-state index contributed by atoms with van der Waals surface area (Å²) in [5.74, 6) is -1.04. The molecule has 0 saturated carbocycles. The number of amidine groups is 1. The minimum absolute atomic E-state index is 0.0743. The first-order valence-electron chi connectivity index (χ1n) is 12.7. The van der Waals surface area contributed by atoms with E-state index in [0.29, 0.717) is 33.6 Å². The van der Waals surface area contributed by atoms with E-state index >= 15 is 0 Å². The van der Waals surface area contributed by atoms with Gasteiger partial charge in [0.15, 0.2) is 16.7 Å². The van der Waals surface area contributed by atoms with E-state index in [9.17, 15) is 19.2 Å². The molecule has 0 radical (unpaired) electrons. The Morgan fingerprint density at radius 2 is 1.73 bits per heavy atom. The minimum Gasteiger partial charge on any atom is -0.478 e. The molecular weight excluding hydrogens is 550 g/mol. The van der Waals surface area contributed by atoms with Crippen molar-refractivity contribution in [3.8, 4) is 11.5 Å². The number of aliphatic imine (C=N–C) groups is 1. The van der Waals surface area contributed by atoms with Crippen molar-refractivity contribution in [2.24, 2.45) is 4.99 Å². The summed E-state index contributed by atoms with van der Waals surface area (Å²) in [6.07, 6.45) is -0.0743. The molecule has 3 aromatic carbocycles. The third-order valence-electron chi connectivity index (χ3n) is 6.21. The first-order valence-corrected chi connectivity index (χ1v) is 13.5. The van der Waals surface area contributed by atoms with E-state index in [4.69, 9.17) is 19.3 Å². The van der Waals surface area contributed by atoms with Gasteiger partial charge in [0.2, 0.25) is 18.6 Å². The van der Waals surface area contributed by atoms with E-state index in [0.717, 1.165) is 17.3 Å². The lowest BCUT2D eigenvalue weighted by Gasteiger charge is -2.32. The van der Waals surface area contributed by atoms with E-state index in [1.807, 2.05) is 6.07 Å². The Labute approximate surface area is 239 Å². The van der Waals surface area contributed by atoms with Gasteiger partial charge >= 0.3 is 11.9 Å². The average Bonchev–Trinajstić information content (AvgIpc) is 3.43. The smallest absolute Gasteiger partial charge is 0.338 e. The summed E-state index contributed by atoms with van der Waals surface area (Å²) in [5.41, 5.74) is 2.13. The van der Waals surface area contributed by atoms with Crippen LogP contribution in [0, 0.1) is 0 Å². The number of aromatic carboxylic acids is 1. The van der Waals surface area contributed by atoms with Crippen LogP contribution in [0.4, 0.5) is 11.4 Å². The number of hydrogen-bond donors (Lipinski definition) is 2. The molecule has 3 aromatic rings. The molecule has 210 valence electrons. The van der Waals surface area contributed by atoms with Crippen LogP contribution in [-0.2, 0) is 20.9 Å². The van der Waals surface area contributed by atoms with Gasteiger partial charge in [-0.2, -0.15) is 0 Å². The van der Waals surface area contributed by atoms with E-state index in [2.05, 4.69) is 10.3 Å². The van der Waals surface area contributed by atoms with Crippen molar-refractivity contribution in [3.05, 3.63) is 83.4 Å². The molecule has 5 rings (SSSR count). The second-order valence-corrected chi connectivity index (χ2v) is 10.2. The highest BCUT2D eigenvalue weighted by molar-refractivity contribution is 8.15. The summed E-state index contributed by atoms with van der Waals surface area (Å²) in [6, 6.07) is 17.6. The molecule has 0 spiro atoms. The van der Waals surface area contributed by atoms with Crippen molar-refractivity contribution in [2.75, 3.05) is 18.7 Å². The number of amides is 2. The number of thioether (sulfide) groups is 1. The summed E-state index contributed by atoms with van der Waals surface area (Å²) in [4.78, 5) is 55.9. The Morgan fingerprint density at radius 1 is 1.02 bits per heavy atom. The van der Waals surface area contributed by atoms with Crippen LogP contribution in [0.2, 0.25) is 0 Å². The molecule has 0 bridgehead atoms. The second-order valence-electron chi connectivity index (χ2n) is 9.01. The van der Waals surface area contributed by atoms with Gasteiger partial charge in [-0.25, -0.2) is 14.6 Å². The fourth-order valence-electron chi connectivity index (χ4n) is 4.13. The highest BCUT2D eigenvalue weighted by Gasteiger charge is 2.36. The van der Waals surface area contributed by atoms with Crippen LogP contribution < -0.4 is 14.8 Å². The fourth-order valence-corrected chi connectivity index (χ4v) is 5.23. The monoisotopic (exact) mass is 575 g/mol. The van der Waals surface area contributed by atoms with E-state index in [1.54, 1.807) is 43.3 Å². The van der Waals surface area contributed by atoms with Gasteiger partial charge in [-0.3, -0.25) is 14.5 Å². The number of fused-ring (bicyclic) bond motifs is 1. The normalized spacial score (nSPS) is 16.9. The summed E-state index contributed by atoms with van der Waals surface area (Å²) in [6.45, 7) is 2.29. The number of hydrogen-bond acceptors (Lipinski definition) is 9. The first-order chi connectivity index (χ1) is 19.8. The van der Waals surface area contributed by atoms with Crippen molar-refractivity contribution >= 4 is 52.1 Å². The van der Waals surface area contributed by atoms with Crippen LogP contribution in [-0.4, -0.2) is 57.6 Å². The average molecular weight is 576 g/mol. The maximum Gasteiger partial charge on any atom is 0.338 e. The number of benzene rings is 3. The highest BCUT2D eigenvalue weighted by atomic mass is 32.2. The van der Waals surface area contributed by atoms with Crippen molar-refractivity contribution in [3.63, 3.8) is 0 Å². The highest BCUT2D eigenvalue weighted by Crippen LogP contribution is 2.35. The summed E-state index contributed by atoms with van der Waals surface area (Å²) in [7, 11) is 0. The number of carboxylic acid groups (broad SMARTS) is 1. The third kappa shape index (κ3) is 6.49. The third-order valence-corrected chi connectivity index (χ3v) is 7.40. The van der Waals surface area contributed by atoms with Gasteiger partial charge in [-0.1, -0.05) is 17.8 Å². The SMILES string of the molecule is CCOC(=O)c1ccc(N=C2SC(C(=O)Nc3ccc(C(=O)O)cc3)CC(=O)N2Cc2ccc3c(c2)OCO3)cc1. The van der Waals surface area contributed by atoms with Gasteiger partial charge in [0.05, 0.1) is 30.0 Å². The molecule has 12 heteroatoms. The van der Waals surface area contributed by atoms with Gasteiger partial charge in [0.25, 0.3) is 0 Å². The van der Waals surface area contributed by atoms with Gasteiger partial charge in [-0.15, -0.1) is 0 Å². The maximum absolute atomic E-state index is 13.4. The topological polar surface area (TPSA) is 144 Å². The van der Waals surface area contributed by atoms with E-state index in [1.165, 1.54) is 29.2 Å². The lowest BCUT2D eigenvalue weighted by molar-refractivity contribution is -0.129. The Hall–Kier alpha value is -4.84. The molecule has 1 fully saturated rings. The molecule has 0 aliphatic carbocycles. The van der Waals surface area contributed by atoms with Crippen LogP contribution in [0.25, 0.3) is 0 Å². The number of esters is 1. The summed E-state index contributed by atoms with van der Waals surface area (Å²) >= 11 is 1.14. The Kier molecular flexibility index (Phi) is 8.20. The van der Waals surface area contributed by atoms with E-state index in [-0.39, 0.29) is 37.8 Å².